The van der Waals surface area contributed by atoms with E-state index in [9.17, 15) is 9.13 Å². The summed E-state index contributed by atoms with van der Waals surface area (Å²) in [6, 6.07) is 15.7. The van der Waals surface area contributed by atoms with Crippen LogP contribution in [0.4, 0.5) is 0 Å². The van der Waals surface area contributed by atoms with E-state index in [1.54, 1.807) is 0 Å². The van der Waals surface area contributed by atoms with Gasteiger partial charge in [-0.25, -0.2) is 0 Å². The van der Waals surface area contributed by atoms with Gasteiger partial charge in [-0.3, -0.25) is 0 Å². The highest BCUT2D eigenvalue weighted by Crippen LogP contribution is 2.95. The quantitative estimate of drug-likeness (QED) is 0.714. The van der Waals surface area contributed by atoms with Crippen molar-refractivity contribution >= 4 is 24.9 Å². The Hall–Kier alpha value is -1.88. The number of aryl methyl sites for hydroxylation is 2. The summed E-state index contributed by atoms with van der Waals surface area (Å²) in [6.07, 6.45) is 3.86. The highest BCUT2D eigenvalue weighted by molar-refractivity contribution is 7.95. The Morgan fingerprint density at radius 3 is 1.50 bits per heavy atom. The van der Waals surface area contributed by atoms with Crippen LogP contribution in [0.25, 0.3) is 0 Å². The van der Waals surface area contributed by atoms with Crippen molar-refractivity contribution in [3.63, 3.8) is 0 Å². The van der Waals surface area contributed by atoms with Crippen LogP contribution in [0.5, 0.6) is 0 Å². The second-order valence-electron chi connectivity index (χ2n) is 6.59. The SMILES string of the molecule is Cc1ccccc1P1(=O)C2=CC=C1C1=C2P1(=O)c1ccccc1C. The second-order valence-corrected chi connectivity index (χ2v) is 11.9. The molecule has 3 aliphatic rings. The summed E-state index contributed by atoms with van der Waals surface area (Å²) in [6.45, 7) is 3.99. The predicted molar refractivity (Wildman–Crippen MR) is 100 cm³/mol. The fourth-order valence-electron chi connectivity index (χ4n) is 4.08. The van der Waals surface area contributed by atoms with Gasteiger partial charge < -0.3 is 9.13 Å². The van der Waals surface area contributed by atoms with E-state index in [1.165, 1.54) is 0 Å². The Bertz CT molecular complexity index is 1090. The molecule has 0 radical (unpaired) electrons. The van der Waals surface area contributed by atoms with E-state index in [1.807, 2.05) is 74.5 Å². The lowest BCUT2D eigenvalue weighted by Crippen LogP contribution is -2.11. The van der Waals surface area contributed by atoms with Crippen molar-refractivity contribution in [3.05, 3.63) is 93.1 Å². The topological polar surface area (TPSA) is 34.1 Å². The summed E-state index contributed by atoms with van der Waals surface area (Å²) < 4.78 is 27.6. The average Bonchev–Trinajstić information content (AvgIpc) is 2.95. The molecule has 0 unspecified atom stereocenters. The van der Waals surface area contributed by atoms with E-state index in [4.69, 9.17) is 0 Å². The molecule has 3 heterocycles. The minimum Gasteiger partial charge on any atom is -0.309 e. The Morgan fingerprint density at radius 1 is 0.625 bits per heavy atom. The summed E-state index contributed by atoms with van der Waals surface area (Å²) in [7, 11) is -5.44. The van der Waals surface area contributed by atoms with Crippen molar-refractivity contribution in [3.8, 4) is 0 Å². The second kappa shape index (κ2) is 4.39. The van der Waals surface area contributed by atoms with Crippen molar-refractivity contribution in [1.29, 1.82) is 0 Å². The Kier molecular flexibility index (Phi) is 2.65. The normalized spacial score (nSPS) is 21.4. The van der Waals surface area contributed by atoms with Crippen LogP contribution >= 0.6 is 14.3 Å². The Labute approximate surface area is 141 Å². The average molecular weight is 350 g/mol. The summed E-state index contributed by atoms with van der Waals surface area (Å²) in [5, 5.41) is 5.18. The molecule has 0 aliphatic carbocycles. The molecule has 3 aliphatic heterocycles. The predicted octanol–water partition coefficient (Wildman–Crippen LogP) is 5.00. The third kappa shape index (κ3) is 1.45. The molecule has 0 spiro atoms. The van der Waals surface area contributed by atoms with Crippen molar-refractivity contribution < 1.29 is 9.13 Å². The maximum absolute atomic E-state index is 13.9. The molecule has 2 aromatic rings. The van der Waals surface area contributed by atoms with Crippen LogP contribution in [-0.2, 0) is 9.13 Å². The fourth-order valence-corrected chi connectivity index (χ4v) is 12.1. The van der Waals surface area contributed by atoms with Crippen LogP contribution in [0.1, 0.15) is 11.1 Å². The van der Waals surface area contributed by atoms with Gasteiger partial charge in [-0.1, -0.05) is 48.5 Å². The molecule has 2 bridgehead atoms. The van der Waals surface area contributed by atoms with Crippen LogP contribution < -0.4 is 10.6 Å². The Morgan fingerprint density at radius 2 is 1.04 bits per heavy atom. The van der Waals surface area contributed by atoms with Gasteiger partial charge in [0.2, 0.25) is 0 Å². The minimum atomic E-state index is -2.78. The van der Waals surface area contributed by atoms with Crippen LogP contribution in [0.15, 0.2) is 81.9 Å². The van der Waals surface area contributed by atoms with E-state index in [0.29, 0.717) is 0 Å². The van der Waals surface area contributed by atoms with Gasteiger partial charge in [-0.05, 0) is 37.1 Å². The molecule has 2 nitrogen and oxygen atoms in total. The van der Waals surface area contributed by atoms with Gasteiger partial charge >= 0.3 is 0 Å². The molecule has 24 heavy (non-hydrogen) atoms. The lowest BCUT2D eigenvalue weighted by Gasteiger charge is -2.22. The van der Waals surface area contributed by atoms with Gasteiger partial charge in [-0.2, -0.15) is 0 Å². The molecule has 0 atom stereocenters. The highest BCUT2D eigenvalue weighted by atomic mass is 31.2. The van der Waals surface area contributed by atoms with Gasteiger partial charge in [0.15, 0.2) is 14.3 Å². The molecule has 0 fully saturated rings. The van der Waals surface area contributed by atoms with Gasteiger partial charge in [0.25, 0.3) is 0 Å². The van der Waals surface area contributed by atoms with E-state index in [2.05, 4.69) is 0 Å². The first kappa shape index (κ1) is 14.5. The van der Waals surface area contributed by atoms with Crippen molar-refractivity contribution in [2.45, 2.75) is 13.8 Å². The lowest BCUT2D eigenvalue weighted by molar-refractivity contribution is 0.587. The summed E-state index contributed by atoms with van der Waals surface area (Å²) in [5.74, 6) is 0. The molecular formula is C20H16O2P2. The first-order valence-corrected chi connectivity index (χ1v) is 11.4. The molecular weight excluding hydrogens is 334 g/mol. The van der Waals surface area contributed by atoms with E-state index in [0.717, 1.165) is 43.0 Å². The molecule has 5 rings (SSSR count). The molecule has 0 amide bonds. The van der Waals surface area contributed by atoms with Crippen LogP contribution in [0.2, 0.25) is 0 Å². The zero-order chi connectivity index (χ0) is 16.7. The zero-order valence-corrected chi connectivity index (χ0v) is 15.3. The molecule has 0 saturated heterocycles. The molecule has 118 valence electrons. The molecule has 0 aromatic heterocycles. The van der Waals surface area contributed by atoms with Crippen LogP contribution in [0, 0.1) is 13.8 Å². The summed E-state index contributed by atoms with van der Waals surface area (Å²) >= 11 is 0. The first-order chi connectivity index (χ1) is 11.5. The van der Waals surface area contributed by atoms with Gasteiger partial charge in [0.1, 0.15) is 0 Å². The number of hydrogen-bond donors (Lipinski definition) is 0. The lowest BCUT2D eigenvalue weighted by atomic mass is 10.2. The maximum Gasteiger partial charge on any atom is 0.174 e. The number of allylic oxidation sites excluding steroid dienone is 6. The van der Waals surface area contributed by atoms with Gasteiger partial charge in [0.05, 0.1) is 0 Å². The van der Waals surface area contributed by atoms with E-state index < -0.39 is 14.3 Å². The highest BCUT2D eigenvalue weighted by Gasteiger charge is 2.67. The summed E-state index contributed by atoms with van der Waals surface area (Å²) in [4.78, 5) is 0. The van der Waals surface area contributed by atoms with Crippen molar-refractivity contribution in [2.75, 3.05) is 0 Å². The van der Waals surface area contributed by atoms with Crippen LogP contribution in [0.3, 0.4) is 0 Å². The third-order valence-corrected chi connectivity index (χ3v) is 12.1. The van der Waals surface area contributed by atoms with Crippen molar-refractivity contribution in [1.82, 2.24) is 0 Å². The monoisotopic (exact) mass is 350 g/mol. The molecule has 0 N–H and O–H groups in total. The van der Waals surface area contributed by atoms with E-state index >= 15 is 0 Å². The van der Waals surface area contributed by atoms with Crippen molar-refractivity contribution in [2.24, 2.45) is 0 Å². The van der Waals surface area contributed by atoms with E-state index in [-0.39, 0.29) is 0 Å². The minimum absolute atomic E-state index is 0.813. The molecule has 2 aromatic carbocycles. The fraction of sp³-hybridized carbons (Fsp3) is 0.100. The van der Waals surface area contributed by atoms with Gasteiger partial charge in [0, 0.05) is 31.9 Å². The van der Waals surface area contributed by atoms with Crippen LogP contribution in [-0.4, -0.2) is 0 Å². The number of rotatable bonds is 2. The first-order valence-electron chi connectivity index (χ1n) is 8.02. The zero-order valence-electron chi connectivity index (χ0n) is 13.5. The largest absolute Gasteiger partial charge is 0.309 e. The number of hydrogen-bond acceptors (Lipinski definition) is 2. The molecule has 0 saturated carbocycles. The maximum atomic E-state index is 13.9. The third-order valence-electron chi connectivity index (χ3n) is 5.28. The standard InChI is InChI=1S/C20H16O2P2/c1-13-7-3-5-9-15(13)23(21)17-11-12-18(23)20-19(17)24(20,22)16-10-6-4-8-14(16)2/h3-12H,1-2H3. The smallest absolute Gasteiger partial charge is 0.174 e. The summed E-state index contributed by atoms with van der Waals surface area (Å²) in [5.41, 5.74) is 2.08. The van der Waals surface area contributed by atoms with Gasteiger partial charge in [-0.15, -0.1) is 0 Å². The number of benzene rings is 2. The number of fused-ring (bicyclic) bond motifs is 4. The Balaban J connectivity index is 1.66. The molecule has 4 heteroatoms.